The van der Waals surface area contributed by atoms with Crippen molar-refractivity contribution in [1.29, 1.82) is 0 Å². The SMILES string of the molecule is CCNC(C)(CO)CCCN1CCC(CC)(CC)C1. The molecule has 0 radical (unpaired) electrons. The highest BCUT2D eigenvalue weighted by molar-refractivity contribution is 4.88. The molecule has 0 aromatic carbocycles. The summed E-state index contributed by atoms with van der Waals surface area (Å²) in [6, 6.07) is 0. The molecule has 3 nitrogen and oxygen atoms in total. The molecule has 0 aromatic heterocycles. The van der Waals surface area contributed by atoms with Crippen LogP contribution < -0.4 is 5.32 Å². The topological polar surface area (TPSA) is 35.5 Å². The number of aliphatic hydroxyl groups excluding tert-OH is 1. The predicted molar refractivity (Wildman–Crippen MR) is 82.5 cm³/mol. The first kappa shape index (κ1) is 16.9. The van der Waals surface area contributed by atoms with E-state index in [9.17, 15) is 5.11 Å². The monoisotopic (exact) mass is 270 g/mol. The lowest BCUT2D eigenvalue weighted by Gasteiger charge is -2.30. The molecule has 1 heterocycles. The molecule has 114 valence electrons. The van der Waals surface area contributed by atoms with Gasteiger partial charge in [0, 0.05) is 12.1 Å². The number of nitrogens with one attached hydrogen (secondary N) is 1. The average Bonchev–Trinajstić information content (AvgIpc) is 2.83. The van der Waals surface area contributed by atoms with Gasteiger partial charge in [-0.25, -0.2) is 0 Å². The summed E-state index contributed by atoms with van der Waals surface area (Å²) in [5.74, 6) is 0. The minimum absolute atomic E-state index is 0.0962. The van der Waals surface area contributed by atoms with Crippen LogP contribution in [0.5, 0.6) is 0 Å². The number of rotatable bonds is 9. The van der Waals surface area contributed by atoms with Crippen LogP contribution in [0.3, 0.4) is 0 Å². The van der Waals surface area contributed by atoms with Crippen molar-refractivity contribution in [3.8, 4) is 0 Å². The standard InChI is InChI=1S/C16H34N2O/c1-5-16(6-2)10-12-18(13-16)11-8-9-15(4,14-19)17-7-3/h17,19H,5-14H2,1-4H3. The highest BCUT2D eigenvalue weighted by atomic mass is 16.3. The van der Waals surface area contributed by atoms with Crippen LogP contribution in [0.2, 0.25) is 0 Å². The van der Waals surface area contributed by atoms with Crippen molar-refractivity contribution < 1.29 is 5.11 Å². The second kappa shape index (κ2) is 7.61. The molecule has 0 bridgehead atoms. The van der Waals surface area contributed by atoms with Crippen LogP contribution in [0.15, 0.2) is 0 Å². The van der Waals surface area contributed by atoms with Crippen molar-refractivity contribution in [3.63, 3.8) is 0 Å². The summed E-state index contributed by atoms with van der Waals surface area (Å²) in [6.07, 6.45) is 6.22. The Kier molecular flexibility index (Phi) is 6.78. The third kappa shape index (κ3) is 4.73. The molecule has 2 N–H and O–H groups in total. The van der Waals surface area contributed by atoms with Crippen molar-refractivity contribution in [2.75, 3.05) is 32.8 Å². The van der Waals surface area contributed by atoms with Gasteiger partial charge >= 0.3 is 0 Å². The van der Waals surface area contributed by atoms with Crippen LogP contribution in [-0.4, -0.2) is 48.3 Å². The molecule has 1 rings (SSSR count). The number of nitrogens with zero attached hydrogens (tertiary/aromatic N) is 1. The Bertz CT molecular complexity index is 253. The van der Waals surface area contributed by atoms with Gasteiger partial charge in [-0.2, -0.15) is 0 Å². The Morgan fingerprint density at radius 2 is 1.95 bits per heavy atom. The quantitative estimate of drug-likeness (QED) is 0.676. The summed E-state index contributed by atoms with van der Waals surface area (Å²) in [4.78, 5) is 2.62. The second-order valence-electron chi connectivity index (χ2n) is 6.59. The van der Waals surface area contributed by atoms with Crippen LogP contribution in [0.4, 0.5) is 0 Å². The second-order valence-corrected chi connectivity index (χ2v) is 6.59. The average molecular weight is 270 g/mol. The van der Waals surface area contributed by atoms with E-state index in [1.54, 1.807) is 0 Å². The highest BCUT2D eigenvalue weighted by Gasteiger charge is 2.34. The predicted octanol–water partition coefficient (Wildman–Crippen LogP) is 2.64. The van der Waals surface area contributed by atoms with E-state index in [1.807, 2.05) is 0 Å². The number of hydrogen-bond donors (Lipinski definition) is 2. The first-order chi connectivity index (χ1) is 9.03. The van der Waals surface area contributed by atoms with Crippen LogP contribution in [0.1, 0.15) is 59.8 Å². The van der Waals surface area contributed by atoms with Crippen molar-refractivity contribution in [1.82, 2.24) is 10.2 Å². The van der Waals surface area contributed by atoms with Gasteiger partial charge in [0.05, 0.1) is 6.61 Å². The maximum atomic E-state index is 9.49. The van der Waals surface area contributed by atoms with Gasteiger partial charge in [0.15, 0.2) is 0 Å². The van der Waals surface area contributed by atoms with E-state index in [4.69, 9.17) is 0 Å². The summed E-state index contributed by atoms with van der Waals surface area (Å²) in [6.45, 7) is 13.8. The lowest BCUT2D eigenvalue weighted by Crippen LogP contribution is -2.46. The Morgan fingerprint density at radius 3 is 2.42 bits per heavy atom. The molecular weight excluding hydrogens is 236 g/mol. The fourth-order valence-corrected chi connectivity index (χ4v) is 3.39. The molecule has 0 spiro atoms. The minimum Gasteiger partial charge on any atom is -0.394 e. The molecule has 19 heavy (non-hydrogen) atoms. The Hall–Kier alpha value is -0.120. The largest absolute Gasteiger partial charge is 0.394 e. The lowest BCUT2D eigenvalue weighted by molar-refractivity contribution is 0.158. The number of likely N-dealkylation sites (N-methyl/N-ethyl adjacent to an activating group) is 1. The van der Waals surface area contributed by atoms with E-state index >= 15 is 0 Å². The first-order valence-electron chi connectivity index (χ1n) is 8.11. The number of hydrogen-bond acceptors (Lipinski definition) is 3. The van der Waals surface area contributed by atoms with Crippen molar-refractivity contribution in [2.24, 2.45) is 5.41 Å². The summed E-state index contributed by atoms with van der Waals surface area (Å²) in [5.41, 5.74) is 0.489. The zero-order valence-electron chi connectivity index (χ0n) is 13.5. The smallest absolute Gasteiger partial charge is 0.0610 e. The molecule has 1 aliphatic rings. The van der Waals surface area contributed by atoms with Gasteiger partial charge in [0.25, 0.3) is 0 Å². The summed E-state index contributed by atoms with van der Waals surface area (Å²) in [7, 11) is 0. The fraction of sp³-hybridized carbons (Fsp3) is 1.00. The molecule has 0 saturated carbocycles. The maximum absolute atomic E-state index is 9.49. The van der Waals surface area contributed by atoms with Gasteiger partial charge in [0.1, 0.15) is 0 Å². The summed E-state index contributed by atoms with van der Waals surface area (Å²) >= 11 is 0. The van der Waals surface area contributed by atoms with Crippen LogP contribution >= 0.6 is 0 Å². The zero-order valence-corrected chi connectivity index (χ0v) is 13.5. The van der Waals surface area contributed by atoms with E-state index in [-0.39, 0.29) is 12.1 Å². The fourth-order valence-electron chi connectivity index (χ4n) is 3.39. The third-order valence-electron chi connectivity index (χ3n) is 5.17. The van der Waals surface area contributed by atoms with Gasteiger partial charge in [-0.3, -0.25) is 0 Å². The molecule has 1 aliphatic heterocycles. The van der Waals surface area contributed by atoms with Crippen molar-refractivity contribution >= 4 is 0 Å². The van der Waals surface area contributed by atoms with Crippen molar-refractivity contribution in [3.05, 3.63) is 0 Å². The van der Waals surface area contributed by atoms with Gasteiger partial charge < -0.3 is 15.3 Å². The van der Waals surface area contributed by atoms with Crippen LogP contribution in [-0.2, 0) is 0 Å². The van der Waals surface area contributed by atoms with E-state index < -0.39 is 0 Å². The molecule has 1 atom stereocenters. The van der Waals surface area contributed by atoms with Crippen molar-refractivity contribution in [2.45, 2.75) is 65.3 Å². The van der Waals surface area contributed by atoms with E-state index in [0.29, 0.717) is 5.41 Å². The lowest BCUT2D eigenvalue weighted by atomic mass is 9.82. The van der Waals surface area contributed by atoms with E-state index in [1.165, 1.54) is 45.3 Å². The molecule has 0 amide bonds. The Labute approximate surface area is 119 Å². The van der Waals surface area contributed by atoms with E-state index in [0.717, 1.165) is 13.0 Å². The zero-order chi connectivity index (χ0) is 14.4. The normalized spacial score (nSPS) is 22.6. The summed E-state index contributed by atoms with van der Waals surface area (Å²) < 4.78 is 0. The molecule has 0 aromatic rings. The molecule has 3 heteroatoms. The first-order valence-corrected chi connectivity index (χ1v) is 8.11. The molecule has 1 saturated heterocycles. The Balaban J connectivity index is 2.31. The molecule has 1 unspecified atom stereocenters. The maximum Gasteiger partial charge on any atom is 0.0610 e. The minimum atomic E-state index is -0.0962. The molecule has 1 fully saturated rings. The summed E-state index contributed by atoms with van der Waals surface area (Å²) in [5, 5.41) is 12.9. The van der Waals surface area contributed by atoms with E-state index in [2.05, 4.69) is 37.9 Å². The van der Waals surface area contributed by atoms with Gasteiger partial charge in [-0.05, 0) is 64.1 Å². The van der Waals surface area contributed by atoms with Crippen LogP contribution in [0, 0.1) is 5.41 Å². The van der Waals surface area contributed by atoms with Gasteiger partial charge in [0.2, 0.25) is 0 Å². The molecule has 0 aliphatic carbocycles. The van der Waals surface area contributed by atoms with Gasteiger partial charge in [-0.1, -0.05) is 20.8 Å². The highest BCUT2D eigenvalue weighted by Crippen LogP contribution is 2.36. The molecular formula is C16H34N2O. The number of likely N-dealkylation sites (tertiary alicyclic amines) is 1. The number of aliphatic hydroxyl groups is 1. The van der Waals surface area contributed by atoms with Crippen LogP contribution in [0.25, 0.3) is 0 Å². The Morgan fingerprint density at radius 1 is 1.26 bits per heavy atom. The third-order valence-corrected chi connectivity index (χ3v) is 5.17. The van der Waals surface area contributed by atoms with Gasteiger partial charge in [-0.15, -0.1) is 0 Å².